The van der Waals surface area contributed by atoms with Gasteiger partial charge in [-0.25, -0.2) is 0 Å². The number of aryl methyl sites for hydroxylation is 1. The first-order chi connectivity index (χ1) is 8.56. The molecule has 18 heavy (non-hydrogen) atoms. The quantitative estimate of drug-likeness (QED) is 0.708. The van der Waals surface area contributed by atoms with Crippen molar-refractivity contribution in [2.45, 2.75) is 6.92 Å². The molecular weight excluding hydrogens is 228 g/mol. The Hall–Kier alpha value is -2.49. The van der Waals surface area contributed by atoms with Crippen molar-refractivity contribution in [2.75, 3.05) is 11.1 Å². The number of carbonyl (C=O) groups is 1. The molecule has 1 amide bonds. The van der Waals surface area contributed by atoms with Crippen LogP contribution in [0.25, 0.3) is 0 Å². The molecule has 0 atom stereocenters. The van der Waals surface area contributed by atoms with Crippen LogP contribution < -0.4 is 11.1 Å². The van der Waals surface area contributed by atoms with Crippen molar-refractivity contribution in [3.63, 3.8) is 0 Å². The summed E-state index contributed by atoms with van der Waals surface area (Å²) < 4.78 is 0. The number of phenolic OH excluding ortho intramolecular Hbond substituents is 1. The summed E-state index contributed by atoms with van der Waals surface area (Å²) >= 11 is 0. The third kappa shape index (κ3) is 2.60. The molecule has 0 aromatic heterocycles. The largest absolute Gasteiger partial charge is 0.508 e. The number of amides is 1. The van der Waals surface area contributed by atoms with E-state index in [-0.39, 0.29) is 11.7 Å². The van der Waals surface area contributed by atoms with Crippen LogP contribution in [0, 0.1) is 6.92 Å². The predicted octanol–water partition coefficient (Wildman–Crippen LogP) is 2.54. The first-order valence-electron chi connectivity index (χ1n) is 5.53. The second-order valence-electron chi connectivity index (χ2n) is 4.08. The minimum Gasteiger partial charge on any atom is -0.508 e. The SMILES string of the molecule is Cc1ccc(C(=O)Nc2cccc(N)c2)cc1O. The third-order valence-corrected chi connectivity index (χ3v) is 2.62. The number of nitrogen functional groups attached to an aromatic ring is 1. The molecule has 0 saturated carbocycles. The summed E-state index contributed by atoms with van der Waals surface area (Å²) in [4.78, 5) is 11.9. The Morgan fingerprint density at radius 3 is 2.67 bits per heavy atom. The van der Waals surface area contributed by atoms with Crippen LogP contribution in [0.5, 0.6) is 5.75 Å². The van der Waals surface area contributed by atoms with Gasteiger partial charge in [0.05, 0.1) is 0 Å². The number of anilines is 2. The topological polar surface area (TPSA) is 75.4 Å². The summed E-state index contributed by atoms with van der Waals surface area (Å²) in [5.41, 5.74) is 7.97. The maximum atomic E-state index is 11.9. The second-order valence-corrected chi connectivity index (χ2v) is 4.08. The van der Waals surface area contributed by atoms with E-state index in [9.17, 15) is 9.90 Å². The summed E-state index contributed by atoms with van der Waals surface area (Å²) in [6.07, 6.45) is 0. The van der Waals surface area contributed by atoms with Crippen molar-refractivity contribution in [3.05, 3.63) is 53.6 Å². The molecule has 0 aliphatic heterocycles. The highest BCUT2D eigenvalue weighted by Crippen LogP contribution is 2.19. The molecule has 0 aliphatic rings. The third-order valence-electron chi connectivity index (χ3n) is 2.62. The Bertz CT molecular complexity index is 594. The fraction of sp³-hybridized carbons (Fsp3) is 0.0714. The smallest absolute Gasteiger partial charge is 0.255 e. The fourth-order valence-electron chi connectivity index (χ4n) is 1.57. The van der Waals surface area contributed by atoms with Crippen LogP contribution in [0.1, 0.15) is 15.9 Å². The maximum Gasteiger partial charge on any atom is 0.255 e. The van der Waals surface area contributed by atoms with Gasteiger partial charge in [-0.3, -0.25) is 4.79 Å². The molecule has 0 bridgehead atoms. The highest BCUT2D eigenvalue weighted by molar-refractivity contribution is 6.04. The molecule has 0 heterocycles. The zero-order valence-corrected chi connectivity index (χ0v) is 9.97. The van der Waals surface area contributed by atoms with Gasteiger partial charge in [0.25, 0.3) is 5.91 Å². The summed E-state index contributed by atoms with van der Waals surface area (Å²) in [5.74, 6) is -0.175. The number of nitrogens with one attached hydrogen (secondary N) is 1. The van der Waals surface area contributed by atoms with Gasteiger partial charge < -0.3 is 16.2 Å². The second kappa shape index (κ2) is 4.79. The van der Waals surface area contributed by atoms with Gasteiger partial charge in [0.15, 0.2) is 0 Å². The Morgan fingerprint density at radius 1 is 1.22 bits per heavy atom. The normalized spacial score (nSPS) is 10.1. The van der Waals surface area contributed by atoms with Crippen LogP contribution in [0.2, 0.25) is 0 Å². The number of hydrogen-bond acceptors (Lipinski definition) is 3. The lowest BCUT2D eigenvalue weighted by molar-refractivity contribution is 0.102. The van der Waals surface area contributed by atoms with Crippen molar-refractivity contribution >= 4 is 17.3 Å². The average Bonchev–Trinajstić information content (AvgIpc) is 2.32. The van der Waals surface area contributed by atoms with Crippen LogP contribution in [-0.2, 0) is 0 Å². The van der Waals surface area contributed by atoms with Crippen LogP contribution in [0.4, 0.5) is 11.4 Å². The lowest BCUT2D eigenvalue weighted by Crippen LogP contribution is -2.11. The molecule has 0 fully saturated rings. The summed E-state index contributed by atoms with van der Waals surface area (Å²) in [6.45, 7) is 1.77. The molecule has 0 radical (unpaired) electrons. The van der Waals surface area contributed by atoms with Crippen molar-refractivity contribution in [2.24, 2.45) is 0 Å². The number of rotatable bonds is 2. The minimum absolute atomic E-state index is 0.107. The van der Waals surface area contributed by atoms with Gasteiger partial charge >= 0.3 is 0 Å². The van der Waals surface area contributed by atoms with Crippen molar-refractivity contribution in [3.8, 4) is 5.75 Å². The Balaban J connectivity index is 2.19. The van der Waals surface area contributed by atoms with Crippen molar-refractivity contribution < 1.29 is 9.90 Å². The molecule has 0 saturated heterocycles. The predicted molar refractivity (Wildman–Crippen MR) is 71.7 cm³/mol. The highest BCUT2D eigenvalue weighted by atomic mass is 16.3. The molecule has 2 aromatic rings. The molecule has 4 N–H and O–H groups in total. The van der Waals surface area contributed by atoms with E-state index in [1.165, 1.54) is 6.07 Å². The van der Waals surface area contributed by atoms with E-state index < -0.39 is 0 Å². The van der Waals surface area contributed by atoms with Gasteiger partial charge in [-0.1, -0.05) is 12.1 Å². The van der Waals surface area contributed by atoms with E-state index in [4.69, 9.17) is 5.73 Å². The zero-order chi connectivity index (χ0) is 13.1. The van der Waals surface area contributed by atoms with E-state index in [0.717, 1.165) is 5.56 Å². The first-order valence-corrected chi connectivity index (χ1v) is 5.53. The van der Waals surface area contributed by atoms with Crippen LogP contribution in [-0.4, -0.2) is 11.0 Å². The van der Waals surface area contributed by atoms with Crippen molar-refractivity contribution in [1.82, 2.24) is 0 Å². The van der Waals surface area contributed by atoms with Crippen molar-refractivity contribution in [1.29, 1.82) is 0 Å². The molecular formula is C14H14N2O2. The van der Waals surface area contributed by atoms with E-state index in [0.29, 0.717) is 16.9 Å². The number of hydrogen-bond donors (Lipinski definition) is 3. The molecule has 2 aromatic carbocycles. The number of carbonyl (C=O) groups excluding carboxylic acids is 1. The zero-order valence-electron chi connectivity index (χ0n) is 9.97. The van der Waals surface area contributed by atoms with E-state index in [1.807, 2.05) is 0 Å². The van der Waals surface area contributed by atoms with Gasteiger partial charge in [0.2, 0.25) is 0 Å². The van der Waals surface area contributed by atoms with E-state index in [1.54, 1.807) is 43.3 Å². The molecule has 0 unspecified atom stereocenters. The first kappa shape index (κ1) is 12.0. The molecule has 4 heteroatoms. The Morgan fingerprint density at radius 2 is 2.00 bits per heavy atom. The monoisotopic (exact) mass is 242 g/mol. The highest BCUT2D eigenvalue weighted by Gasteiger charge is 2.08. The van der Waals surface area contributed by atoms with Crippen LogP contribution in [0.3, 0.4) is 0 Å². The minimum atomic E-state index is -0.282. The fourth-order valence-corrected chi connectivity index (χ4v) is 1.57. The lowest BCUT2D eigenvalue weighted by atomic mass is 10.1. The molecule has 92 valence electrons. The Labute approximate surface area is 105 Å². The van der Waals surface area contributed by atoms with Gasteiger partial charge in [-0.15, -0.1) is 0 Å². The van der Waals surface area contributed by atoms with Gasteiger partial charge in [-0.05, 0) is 42.8 Å². The van der Waals surface area contributed by atoms with Gasteiger partial charge in [0.1, 0.15) is 5.75 Å². The summed E-state index contributed by atoms with van der Waals surface area (Å²) in [7, 11) is 0. The number of nitrogens with two attached hydrogens (primary N) is 1. The molecule has 0 aliphatic carbocycles. The van der Waals surface area contributed by atoms with Crippen LogP contribution in [0.15, 0.2) is 42.5 Å². The standard InChI is InChI=1S/C14H14N2O2/c1-9-5-6-10(7-13(9)17)14(18)16-12-4-2-3-11(15)8-12/h2-8,17H,15H2,1H3,(H,16,18). The van der Waals surface area contributed by atoms with Crippen LogP contribution >= 0.6 is 0 Å². The van der Waals surface area contributed by atoms with E-state index in [2.05, 4.69) is 5.32 Å². The van der Waals surface area contributed by atoms with E-state index >= 15 is 0 Å². The number of phenols is 1. The van der Waals surface area contributed by atoms with Gasteiger partial charge in [-0.2, -0.15) is 0 Å². The number of benzene rings is 2. The molecule has 0 spiro atoms. The maximum absolute atomic E-state index is 11.9. The Kier molecular flexibility index (Phi) is 3.19. The van der Waals surface area contributed by atoms with Gasteiger partial charge in [0, 0.05) is 16.9 Å². The summed E-state index contributed by atoms with van der Waals surface area (Å²) in [6, 6.07) is 11.7. The molecule has 2 rings (SSSR count). The lowest BCUT2D eigenvalue weighted by Gasteiger charge is -2.07. The summed E-state index contributed by atoms with van der Waals surface area (Å²) in [5, 5.41) is 12.3. The number of aromatic hydroxyl groups is 1. The average molecular weight is 242 g/mol. The molecule has 4 nitrogen and oxygen atoms in total.